The van der Waals surface area contributed by atoms with Crippen LogP contribution in [0.4, 0.5) is 5.82 Å². The number of carbonyl (C=O) groups is 1. The Morgan fingerprint density at radius 1 is 1.58 bits per heavy atom. The number of carboxylic acid groups (broad SMARTS) is 1. The third kappa shape index (κ3) is 2.65. The molecule has 1 N–H and O–H groups in total. The van der Waals surface area contributed by atoms with E-state index in [4.69, 9.17) is 16.7 Å². The van der Waals surface area contributed by atoms with E-state index in [0.717, 1.165) is 10.9 Å². The van der Waals surface area contributed by atoms with E-state index in [0.29, 0.717) is 0 Å². The van der Waals surface area contributed by atoms with E-state index in [1.165, 1.54) is 12.5 Å². The second kappa shape index (κ2) is 4.98. The summed E-state index contributed by atoms with van der Waals surface area (Å²) in [5.74, 6) is -1.68. The Morgan fingerprint density at radius 2 is 2.32 bits per heavy atom. The molecule has 0 aliphatic carbocycles. The van der Waals surface area contributed by atoms with Gasteiger partial charge < -0.3 is 15.2 Å². The first kappa shape index (κ1) is 12.9. The lowest BCUT2D eigenvalue weighted by atomic mass is 10.2. The molecule has 0 saturated heterocycles. The van der Waals surface area contributed by atoms with Crippen LogP contribution in [-0.4, -0.2) is 35.7 Å². The highest BCUT2D eigenvalue weighted by Gasteiger charge is 2.21. The highest BCUT2D eigenvalue weighted by molar-refractivity contribution is 6.32. The topological polar surface area (TPSA) is 124 Å². The van der Waals surface area contributed by atoms with Crippen molar-refractivity contribution in [3.8, 4) is 0 Å². The Labute approximate surface area is 110 Å². The molecular formula is C9H6ClN5O4. The smallest absolute Gasteiger partial charge is 0.408 e. The average Bonchev–Trinajstić information content (AvgIpc) is 2.71. The highest BCUT2D eigenvalue weighted by atomic mass is 35.5. The van der Waals surface area contributed by atoms with Crippen molar-refractivity contribution in [1.82, 2.24) is 19.7 Å². The second-order valence-corrected chi connectivity index (χ2v) is 3.85. The van der Waals surface area contributed by atoms with Crippen LogP contribution in [0, 0.1) is 10.1 Å². The number of nitro groups is 1. The van der Waals surface area contributed by atoms with Gasteiger partial charge in [-0.3, -0.25) is 0 Å². The van der Waals surface area contributed by atoms with E-state index >= 15 is 0 Å². The normalized spacial score (nSPS) is 10.4. The summed E-state index contributed by atoms with van der Waals surface area (Å²) in [7, 11) is 0. The maximum atomic E-state index is 10.9. The van der Waals surface area contributed by atoms with Crippen molar-refractivity contribution in [2.75, 3.05) is 0 Å². The van der Waals surface area contributed by atoms with Crippen LogP contribution in [0.2, 0.25) is 5.02 Å². The van der Waals surface area contributed by atoms with Crippen molar-refractivity contribution >= 4 is 23.4 Å². The van der Waals surface area contributed by atoms with Gasteiger partial charge in [-0.05, 0) is 4.92 Å². The minimum absolute atomic E-state index is 0.0578. The minimum Gasteiger partial charge on any atom is -0.478 e. The minimum atomic E-state index is -1.19. The van der Waals surface area contributed by atoms with Gasteiger partial charge in [0.15, 0.2) is 5.02 Å². The summed E-state index contributed by atoms with van der Waals surface area (Å²) >= 11 is 5.63. The molecule has 2 rings (SSSR count). The molecule has 0 aliphatic heterocycles. The summed E-state index contributed by atoms with van der Waals surface area (Å²) in [4.78, 5) is 28.2. The fourth-order valence-electron chi connectivity index (χ4n) is 1.40. The first-order chi connectivity index (χ1) is 8.99. The number of aromatic nitrogens is 4. The number of rotatable bonds is 4. The molecule has 0 unspecified atom stereocenters. The molecule has 0 radical (unpaired) electrons. The van der Waals surface area contributed by atoms with Crippen molar-refractivity contribution < 1.29 is 14.8 Å². The predicted octanol–water partition coefficient (Wildman–Crippen LogP) is 0.981. The zero-order valence-corrected chi connectivity index (χ0v) is 9.98. The summed E-state index contributed by atoms with van der Waals surface area (Å²) in [5, 5.41) is 23.0. The first-order valence-electron chi connectivity index (χ1n) is 4.88. The molecule has 0 spiro atoms. The standard InChI is InChI=1S/C9H6ClN5O4/c10-6-2-14(13-8(6)15(18)19)3-7-5(9(16)17)1-11-4-12-7/h1-2,4H,3H2,(H,16,17). The average molecular weight is 284 g/mol. The Bertz CT molecular complexity index is 656. The molecule has 98 valence electrons. The van der Waals surface area contributed by atoms with Gasteiger partial charge in [0.1, 0.15) is 18.4 Å². The van der Waals surface area contributed by atoms with Crippen LogP contribution in [0.1, 0.15) is 16.1 Å². The van der Waals surface area contributed by atoms with E-state index in [1.807, 2.05) is 0 Å². The molecule has 0 saturated carbocycles. The molecule has 2 aromatic rings. The van der Waals surface area contributed by atoms with E-state index in [9.17, 15) is 14.9 Å². The van der Waals surface area contributed by atoms with Gasteiger partial charge in [-0.25, -0.2) is 14.8 Å². The third-order valence-electron chi connectivity index (χ3n) is 2.21. The maximum Gasteiger partial charge on any atom is 0.408 e. The molecule has 0 aromatic carbocycles. The Balaban J connectivity index is 2.34. The van der Waals surface area contributed by atoms with E-state index in [2.05, 4.69) is 15.1 Å². The molecule has 0 amide bonds. The summed E-state index contributed by atoms with van der Waals surface area (Å²) in [6, 6.07) is 0. The monoisotopic (exact) mass is 283 g/mol. The number of aromatic carboxylic acids is 1. The number of hydrogen-bond donors (Lipinski definition) is 1. The molecule has 0 fully saturated rings. The molecule has 2 heterocycles. The van der Waals surface area contributed by atoms with Gasteiger partial charge in [-0.1, -0.05) is 11.6 Å². The van der Waals surface area contributed by atoms with Crippen LogP contribution in [0.3, 0.4) is 0 Å². The summed E-state index contributed by atoms with van der Waals surface area (Å²) in [6.07, 6.45) is 3.55. The van der Waals surface area contributed by atoms with Crippen LogP contribution in [0.15, 0.2) is 18.7 Å². The van der Waals surface area contributed by atoms with Crippen molar-refractivity contribution in [2.45, 2.75) is 6.54 Å². The van der Waals surface area contributed by atoms with Gasteiger partial charge >= 0.3 is 11.8 Å². The first-order valence-corrected chi connectivity index (χ1v) is 5.26. The lowest BCUT2D eigenvalue weighted by molar-refractivity contribution is -0.389. The van der Waals surface area contributed by atoms with Gasteiger partial charge in [0.05, 0.1) is 17.0 Å². The van der Waals surface area contributed by atoms with Gasteiger partial charge in [0, 0.05) is 6.20 Å². The second-order valence-electron chi connectivity index (χ2n) is 3.44. The van der Waals surface area contributed by atoms with Crippen LogP contribution in [0.25, 0.3) is 0 Å². The summed E-state index contributed by atoms with van der Waals surface area (Å²) < 4.78 is 1.15. The van der Waals surface area contributed by atoms with Gasteiger partial charge in [-0.2, -0.15) is 4.68 Å². The quantitative estimate of drug-likeness (QED) is 0.655. The Kier molecular flexibility index (Phi) is 3.38. The zero-order chi connectivity index (χ0) is 14.0. The van der Waals surface area contributed by atoms with Crippen molar-refractivity contribution in [3.63, 3.8) is 0 Å². The summed E-state index contributed by atoms with van der Waals surface area (Å²) in [6.45, 7) is -0.0578. The van der Waals surface area contributed by atoms with Gasteiger partial charge in [-0.15, -0.1) is 0 Å². The van der Waals surface area contributed by atoms with Crippen LogP contribution in [0.5, 0.6) is 0 Å². The third-order valence-corrected chi connectivity index (χ3v) is 2.48. The molecule has 19 heavy (non-hydrogen) atoms. The van der Waals surface area contributed by atoms with Crippen LogP contribution in [-0.2, 0) is 6.54 Å². The predicted molar refractivity (Wildman–Crippen MR) is 62.0 cm³/mol. The molecule has 2 aromatic heterocycles. The van der Waals surface area contributed by atoms with Crippen molar-refractivity contribution in [1.29, 1.82) is 0 Å². The van der Waals surface area contributed by atoms with Gasteiger partial charge in [0.2, 0.25) is 0 Å². The lowest BCUT2D eigenvalue weighted by Crippen LogP contribution is -2.10. The lowest BCUT2D eigenvalue weighted by Gasteiger charge is -2.01. The number of halogens is 1. The Morgan fingerprint density at radius 3 is 2.89 bits per heavy atom. The number of hydrogen-bond acceptors (Lipinski definition) is 6. The van der Waals surface area contributed by atoms with E-state index in [1.54, 1.807) is 0 Å². The van der Waals surface area contributed by atoms with E-state index in [-0.39, 0.29) is 22.8 Å². The van der Waals surface area contributed by atoms with Crippen molar-refractivity contribution in [3.05, 3.63) is 45.1 Å². The van der Waals surface area contributed by atoms with E-state index < -0.39 is 16.7 Å². The van der Waals surface area contributed by atoms with Crippen molar-refractivity contribution in [2.24, 2.45) is 0 Å². The van der Waals surface area contributed by atoms with Crippen LogP contribution < -0.4 is 0 Å². The molecule has 0 atom stereocenters. The highest BCUT2D eigenvalue weighted by Crippen LogP contribution is 2.21. The summed E-state index contributed by atoms with van der Waals surface area (Å²) in [5.41, 5.74) is 0.0772. The fraction of sp³-hybridized carbons (Fsp3) is 0.111. The zero-order valence-electron chi connectivity index (χ0n) is 9.23. The molecule has 0 bridgehead atoms. The molecule has 10 heteroatoms. The molecular weight excluding hydrogens is 278 g/mol. The number of nitrogens with zero attached hydrogens (tertiary/aromatic N) is 5. The van der Waals surface area contributed by atoms with Crippen LogP contribution >= 0.6 is 11.6 Å². The SMILES string of the molecule is O=C(O)c1cncnc1Cn1cc(Cl)c([N+](=O)[O-])n1. The Hall–Kier alpha value is -2.55. The maximum absolute atomic E-state index is 10.9. The number of carboxylic acids is 1. The molecule has 0 aliphatic rings. The molecule has 9 nitrogen and oxygen atoms in total. The van der Waals surface area contributed by atoms with Gasteiger partial charge in [0.25, 0.3) is 0 Å². The fourth-order valence-corrected chi connectivity index (χ4v) is 1.62. The largest absolute Gasteiger partial charge is 0.478 e.